The topological polar surface area (TPSA) is 92.5 Å². The number of rotatable bonds is 4. The van der Waals surface area contributed by atoms with Gasteiger partial charge in [-0.15, -0.1) is 12.4 Å². The van der Waals surface area contributed by atoms with Gasteiger partial charge in [0.15, 0.2) is 0 Å². The Balaban J connectivity index is 0.00000200. The lowest BCUT2D eigenvalue weighted by Crippen LogP contribution is -2.41. The van der Waals surface area contributed by atoms with Crippen LogP contribution in [-0.2, 0) is 14.8 Å². The Bertz CT molecular complexity index is 430. The van der Waals surface area contributed by atoms with E-state index in [1.54, 1.807) is 0 Å². The molecule has 1 amide bonds. The molecule has 6 nitrogen and oxygen atoms in total. The van der Waals surface area contributed by atoms with Crippen LogP contribution in [0.25, 0.3) is 0 Å². The number of nitrogens with one attached hydrogen (secondary N) is 1. The number of amides is 1. The molecule has 2 atom stereocenters. The first-order valence-corrected chi connectivity index (χ1v) is 8.61. The lowest BCUT2D eigenvalue weighted by molar-refractivity contribution is -0.126. The number of sulfonamides is 1. The van der Waals surface area contributed by atoms with Crippen LogP contribution >= 0.6 is 12.4 Å². The molecule has 1 heterocycles. The largest absolute Gasteiger partial charge is 0.355 e. The molecule has 20 heavy (non-hydrogen) atoms. The second-order valence-electron chi connectivity index (χ2n) is 5.48. The van der Waals surface area contributed by atoms with E-state index in [0.29, 0.717) is 26.1 Å². The van der Waals surface area contributed by atoms with Gasteiger partial charge in [-0.2, -0.15) is 0 Å². The third-order valence-electron chi connectivity index (χ3n) is 3.95. The van der Waals surface area contributed by atoms with E-state index < -0.39 is 10.0 Å². The predicted molar refractivity (Wildman–Crippen MR) is 80.2 cm³/mol. The van der Waals surface area contributed by atoms with Crippen LogP contribution in [0, 0.1) is 5.92 Å². The Labute approximate surface area is 126 Å². The fraction of sp³-hybridized carbons (Fsp3) is 0.917. The van der Waals surface area contributed by atoms with E-state index in [1.807, 2.05) is 0 Å². The van der Waals surface area contributed by atoms with Gasteiger partial charge in [0.2, 0.25) is 15.9 Å². The number of halogens is 1. The minimum atomic E-state index is -3.06. The van der Waals surface area contributed by atoms with Crippen LogP contribution < -0.4 is 11.1 Å². The van der Waals surface area contributed by atoms with Crippen LogP contribution in [0.3, 0.4) is 0 Å². The second-order valence-corrected chi connectivity index (χ2v) is 7.57. The van der Waals surface area contributed by atoms with Crippen molar-refractivity contribution in [3.8, 4) is 0 Å². The molecule has 0 aromatic heterocycles. The minimum Gasteiger partial charge on any atom is -0.355 e. The number of nitrogens with zero attached hydrogens (tertiary/aromatic N) is 1. The molecule has 0 bridgehead atoms. The third-order valence-corrected chi connectivity index (χ3v) is 5.91. The van der Waals surface area contributed by atoms with Gasteiger partial charge >= 0.3 is 0 Å². The fourth-order valence-corrected chi connectivity index (χ4v) is 4.39. The molecule has 2 fully saturated rings. The van der Waals surface area contributed by atoms with Crippen LogP contribution in [0.1, 0.15) is 32.1 Å². The van der Waals surface area contributed by atoms with Crippen molar-refractivity contribution in [2.45, 2.75) is 38.1 Å². The molecule has 1 aliphatic carbocycles. The summed E-state index contributed by atoms with van der Waals surface area (Å²) in [6, 6.07) is 0.128. The molecular weight excluding hydrogens is 302 g/mol. The number of hydrogen-bond donors (Lipinski definition) is 2. The van der Waals surface area contributed by atoms with Gasteiger partial charge < -0.3 is 11.1 Å². The summed E-state index contributed by atoms with van der Waals surface area (Å²) in [6.07, 6.45) is 4.32. The molecule has 0 aromatic rings. The molecule has 0 spiro atoms. The van der Waals surface area contributed by atoms with Crippen molar-refractivity contribution in [3.63, 3.8) is 0 Å². The lowest BCUT2D eigenvalue weighted by Gasteiger charge is -2.26. The quantitative estimate of drug-likeness (QED) is 0.765. The summed E-state index contributed by atoms with van der Waals surface area (Å²) in [5, 5.41) is 2.84. The number of nitrogens with two attached hydrogens (primary N) is 1. The van der Waals surface area contributed by atoms with Gasteiger partial charge in [0.05, 0.1) is 5.75 Å². The van der Waals surface area contributed by atoms with E-state index in [1.165, 1.54) is 4.31 Å². The van der Waals surface area contributed by atoms with Crippen molar-refractivity contribution < 1.29 is 13.2 Å². The highest BCUT2D eigenvalue weighted by atomic mass is 35.5. The second kappa shape index (κ2) is 7.59. The van der Waals surface area contributed by atoms with E-state index >= 15 is 0 Å². The van der Waals surface area contributed by atoms with Crippen LogP contribution in [0.15, 0.2) is 0 Å². The van der Waals surface area contributed by atoms with E-state index in [-0.39, 0.29) is 36.0 Å². The number of hydrogen-bond acceptors (Lipinski definition) is 4. The summed E-state index contributed by atoms with van der Waals surface area (Å²) < 4.78 is 24.6. The first-order chi connectivity index (χ1) is 8.99. The Morgan fingerprint density at radius 3 is 2.65 bits per heavy atom. The van der Waals surface area contributed by atoms with Gasteiger partial charge in [0, 0.05) is 31.6 Å². The van der Waals surface area contributed by atoms with Crippen molar-refractivity contribution >= 4 is 28.3 Å². The average molecular weight is 326 g/mol. The summed E-state index contributed by atoms with van der Waals surface area (Å²) in [5.41, 5.74) is 5.86. The van der Waals surface area contributed by atoms with Gasteiger partial charge in [-0.1, -0.05) is 6.42 Å². The molecule has 3 N–H and O–H groups in total. The monoisotopic (exact) mass is 325 g/mol. The highest BCUT2D eigenvalue weighted by molar-refractivity contribution is 7.89. The Kier molecular flexibility index (Phi) is 6.71. The van der Waals surface area contributed by atoms with Gasteiger partial charge in [0.1, 0.15) is 0 Å². The van der Waals surface area contributed by atoms with E-state index in [0.717, 1.165) is 25.7 Å². The normalized spacial score (nSPS) is 29.6. The highest BCUT2D eigenvalue weighted by Gasteiger charge is 2.28. The van der Waals surface area contributed by atoms with E-state index in [9.17, 15) is 13.2 Å². The molecule has 1 saturated carbocycles. The maximum atomic E-state index is 11.9. The highest BCUT2D eigenvalue weighted by Crippen LogP contribution is 2.23. The molecule has 2 rings (SSSR count). The first-order valence-electron chi connectivity index (χ1n) is 7.00. The number of carbonyl (C=O) groups excluding carboxylic acids is 1. The SMILES string of the molecule is Cl.NC1CCCC(C(=O)NCCN2CCCS2(=O)=O)C1. The molecular formula is C12H24ClN3O3S. The van der Waals surface area contributed by atoms with Crippen molar-refractivity contribution in [3.05, 3.63) is 0 Å². The van der Waals surface area contributed by atoms with E-state index in [2.05, 4.69) is 5.32 Å². The van der Waals surface area contributed by atoms with Crippen molar-refractivity contribution in [1.29, 1.82) is 0 Å². The van der Waals surface area contributed by atoms with Crippen molar-refractivity contribution in [2.24, 2.45) is 11.7 Å². The summed E-state index contributed by atoms with van der Waals surface area (Å²) in [4.78, 5) is 11.9. The molecule has 1 saturated heterocycles. The zero-order valence-electron chi connectivity index (χ0n) is 11.6. The Hall–Kier alpha value is -0.370. The van der Waals surface area contributed by atoms with Crippen LogP contribution in [-0.4, -0.2) is 50.1 Å². The summed E-state index contributed by atoms with van der Waals surface area (Å²) in [5.74, 6) is 0.254. The van der Waals surface area contributed by atoms with Crippen LogP contribution in [0.4, 0.5) is 0 Å². The lowest BCUT2D eigenvalue weighted by atomic mass is 9.85. The van der Waals surface area contributed by atoms with E-state index in [4.69, 9.17) is 5.73 Å². The standard InChI is InChI=1S/C12H23N3O3S.ClH/c13-11-4-1-3-10(9-11)12(16)14-5-7-15-6-2-8-19(15,17)18;/h10-11H,1-9,13H2,(H,14,16);1H. The zero-order valence-corrected chi connectivity index (χ0v) is 13.2. The molecule has 2 aliphatic rings. The van der Waals surface area contributed by atoms with Gasteiger partial charge in [-0.05, 0) is 25.7 Å². The third kappa shape index (κ3) is 4.58. The summed E-state index contributed by atoms with van der Waals surface area (Å²) in [6.45, 7) is 1.35. The van der Waals surface area contributed by atoms with Crippen molar-refractivity contribution in [1.82, 2.24) is 9.62 Å². The molecule has 0 aromatic carbocycles. The molecule has 118 valence electrons. The van der Waals surface area contributed by atoms with Gasteiger partial charge in [-0.25, -0.2) is 12.7 Å². The zero-order chi connectivity index (χ0) is 13.9. The first kappa shape index (κ1) is 17.7. The van der Waals surface area contributed by atoms with Gasteiger partial charge in [-0.3, -0.25) is 4.79 Å². The molecule has 8 heteroatoms. The number of carbonyl (C=O) groups is 1. The molecule has 2 unspecified atom stereocenters. The van der Waals surface area contributed by atoms with Crippen molar-refractivity contribution in [2.75, 3.05) is 25.4 Å². The average Bonchev–Trinajstić information content (AvgIpc) is 2.69. The Morgan fingerprint density at radius 2 is 2.05 bits per heavy atom. The maximum absolute atomic E-state index is 11.9. The molecule has 0 radical (unpaired) electrons. The summed E-state index contributed by atoms with van der Waals surface area (Å²) >= 11 is 0. The Morgan fingerprint density at radius 1 is 1.30 bits per heavy atom. The smallest absolute Gasteiger partial charge is 0.223 e. The predicted octanol–water partition coefficient (Wildman–Crippen LogP) is 0.0774. The fourth-order valence-electron chi connectivity index (χ4n) is 2.86. The van der Waals surface area contributed by atoms with Crippen LogP contribution in [0.5, 0.6) is 0 Å². The molecule has 1 aliphatic heterocycles. The maximum Gasteiger partial charge on any atom is 0.223 e. The van der Waals surface area contributed by atoms with Gasteiger partial charge in [0.25, 0.3) is 0 Å². The summed E-state index contributed by atoms with van der Waals surface area (Å²) in [7, 11) is -3.06. The van der Waals surface area contributed by atoms with Crippen LogP contribution in [0.2, 0.25) is 0 Å². The minimum absolute atomic E-state index is 0.